The van der Waals surface area contributed by atoms with Crippen molar-refractivity contribution in [3.05, 3.63) is 46.6 Å². The van der Waals surface area contributed by atoms with Crippen molar-refractivity contribution in [2.24, 2.45) is 0 Å². The van der Waals surface area contributed by atoms with Crippen LogP contribution in [0.1, 0.15) is 0 Å². The number of carbonyl (C=O) groups is 1. The molecule has 0 spiro atoms. The molecule has 0 aliphatic heterocycles. The van der Waals surface area contributed by atoms with Crippen molar-refractivity contribution in [1.82, 2.24) is 4.72 Å². The summed E-state index contributed by atoms with van der Waals surface area (Å²) in [6, 6.07) is 7.86. The van der Waals surface area contributed by atoms with Crippen LogP contribution in [0.15, 0.2) is 40.6 Å². The zero-order chi connectivity index (χ0) is 13.8. The van der Waals surface area contributed by atoms with E-state index in [2.05, 4.69) is 10.0 Å². The minimum absolute atomic E-state index is 0.277. The second kappa shape index (κ2) is 6.14. The molecule has 1 heterocycles. The largest absolute Gasteiger partial charge is 0.331 e. The maximum atomic E-state index is 12.9. The molecule has 0 fully saturated rings. The van der Waals surface area contributed by atoms with Crippen LogP contribution in [-0.4, -0.2) is 10.2 Å². The van der Waals surface area contributed by atoms with Gasteiger partial charge in [0.25, 0.3) is 0 Å². The molecule has 2 rings (SSSR count). The lowest BCUT2D eigenvalue weighted by molar-refractivity contribution is 0.257. The number of benzene rings is 1. The molecule has 2 amide bonds. The van der Waals surface area contributed by atoms with E-state index in [9.17, 15) is 13.4 Å². The van der Waals surface area contributed by atoms with Crippen LogP contribution in [0.2, 0.25) is 4.34 Å². The summed E-state index contributed by atoms with van der Waals surface area (Å²) in [7, 11) is -1.69. The lowest BCUT2D eigenvalue weighted by atomic mass is 10.3. The van der Waals surface area contributed by atoms with Gasteiger partial charge >= 0.3 is 6.03 Å². The fourth-order valence-electron chi connectivity index (χ4n) is 1.25. The third-order valence-electron chi connectivity index (χ3n) is 2.00. The molecule has 0 saturated heterocycles. The lowest BCUT2D eigenvalue weighted by Crippen LogP contribution is -2.30. The first-order valence-electron chi connectivity index (χ1n) is 5.05. The van der Waals surface area contributed by atoms with Crippen molar-refractivity contribution in [2.75, 3.05) is 5.32 Å². The number of anilines is 1. The number of urea groups is 1. The summed E-state index contributed by atoms with van der Waals surface area (Å²) < 4.78 is 27.8. The number of hydrogen-bond donors (Lipinski definition) is 2. The summed E-state index contributed by atoms with van der Waals surface area (Å²) in [6.45, 7) is 0. The van der Waals surface area contributed by atoms with Crippen LogP contribution in [0.4, 0.5) is 14.9 Å². The summed E-state index contributed by atoms with van der Waals surface area (Å²) >= 11 is 6.81. The number of amides is 2. The average Bonchev–Trinajstić information content (AvgIpc) is 2.75. The number of carbonyl (C=O) groups excluding carboxylic acids is 1. The van der Waals surface area contributed by atoms with Gasteiger partial charge in [0.05, 0.1) is 4.34 Å². The standard InChI is InChI=1S/C11H8ClFN2O2S2/c12-9-4-5-10(18-9)19(17)15-11(16)14-8-3-1-2-7(13)6-8/h1-6H,(H2,14,15,16). The molecule has 100 valence electrons. The molecular formula is C11H8ClFN2O2S2. The van der Waals surface area contributed by atoms with Gasteiger partial charge in [-0.3, -0.25) is 4.72 Å². The molecule has 4 nitrogen and oxygen atoms in total. The van der Waals surface area contributed by atoms with E-state index in [0.717, 1.165) is 17.4 Å². The molecule has 0 aliphatic carbocycles. The van der Waals surface area contributed by atoms with Crippen LogP contribution in [0.25, 0.3) is 0 Å². The second-order valence-electron chi connectivity index (χ2n) is 3.39. The first kappa shape index (κ1) is 14.0. The number of nitrogens with one attached hydrogen (secondary N) is 2. The van der Waals surface area contributed by atoms with Gasteiger partial charge in [-0.1, -0.05) is 17.7 Å². The third-order valence-corrected chi connectivity index (χ3v) is 4.60. The molecule has 2 N–H and O–H groups in total. The van der Waals surface area contributed by atoms with Gasteiger partial charge in [0.2, 0.25) is 0 Å². The molecule has 0 radical (unpaired) electrons. The van der Waals surface area contributed by atoms with Gasteiger partial charge < -0.3 is 5.32 Å². The van der Waals surface area contributed by atoms with Crippen LogP contribution >= 0.6 is 22.9 Å². The zero-order valence-electron chi connectivity index (χ0n) is 9.35. The summed E-state index contributed by atoms with van der Waals surface area (Å²) in [6.07, 6.45) is 0. The van der Waals surface area contributed by atoms with Crippen molar-refractivity contribution in [1.29, 1.82) is 0 Å². The van der Waals surface area contributed by atoms with Crippen molar-refractivity contribution in [3.8, 4) is 0 Å². The normalized spacial score (nSPS) is 11.9. The Morgan fingerprint density at radius 2 is 2.11 bits per heavy atom. The van der Waals surface area contributed by atoms with E-state index >= 15 is 0 Å². The maximum absolute atomic E-state index is 12.9. The van der Waals surface area contributed by atoms with E-state index in [1.54, 1.807) is 12.1 Å². The molecular weight excluding hydrogens is 311 g/mol. The molecule has 1 unspecified atom stereocenters. The molecule has 0 aliphatic rings. The van der Waals surface area contributed by atoms with Crippen molar-refractivity contribution >= 4 is 45.6 Å². The summed E-state index contributed by atoms with van der Waals surface area (Å²) in [5.41, 5.74) is 0.277. The Bertz CT molecular complexity index is 633. The fraction of sp³-hybridized carbons (Fsp3) is 0. The van der Waals surface area contributed by atoms with Crippen LogP contribution in [0.5, 0.6) is 0 Å². The predicted molar refractivity (Wildman–Crippen MR) is 74.3 cm³/mol. The predicted octanol–water partition coefficient (Wildman–Crippen LogP) is 3.38. The number of hydrogen-bond acceptors (Lipinski definition) is 3. The Kier molecular flexibility index (Phi) is 4.52. The molecule has 19 heavy (non-hydrogen) atoms. The van der Waals surface area contributed by atoms with E-state index in [4.69, 9.17) is 11.6 Å². The van der Waals surface area contributed by atoms with Crippen LogP contribution in [0.3, 0.4) is 0 Å². The highest BCUT2D eigenvalue weighted by atomic mass is 35.5. The van der Waals surface area contributed by atoms with Crippen LogP contribution < -0.4 is 10.0 Å². The lowest BCUT2D eigenvalue weighted by Gasteiger charge is -2.06. The highest BCUT2D eigenvalue weighted by Crippen LogP contribution is 2.23. The molecule has 1 atom stereocenters. The Morgan fingerprint density at radius 3 is 2.74 bits per heavy atom. The average molecular weight is 319 g/mol. The van der Waals surface area contributed by atoms with Gasteiger partial charge in [-0.05, 0) is 30.3 Å². The van der Waals surface area contributed by atoms with Crippen molar-refractivity contribution in [2.45, 2.75) is 4.21 Å². The number of rotatable bonds is 3. The van der Waals surface area contributed by atoms with Crippen molar-refractivity contribution in [3.63, 3.8) is 0 Å². The molecule has 1 aromatic heterocycles. The van der Waals surface area contributed by atoms with E-state index in [0.29, 0.717) is 8.55 Å². The quantitative estimate of drug-likeness (QED) is 0.911. The topological polar surface area (TPSA) is 58.2 Å². The molecule has 1 aromatic carbocycles. The monoisotopic (exact) mass is 318 g/mol. The Hall–Kier alpha value is -1.44. The molecule has 0 saturated carbocycles. The minimum atomic E-state index is -1.69. The van der Waals surface area contributed by atoms with Gasteiger partial charge in [0.1, 0.15) is 10.0 Å². The first-order valence-corrected chi connectivity index (χ1v) is 7.39. The van der Waals surface area contributed by atoms with Crippen LogP contribution in [-0.2, 0) is 11.0 Å². The second-order valence-corrected chi connectivity index (χ2v) is 6.55. The minimum Gasteiger partial charge on any atom is -0.307 e. The van der Waals surface area contributed by atoms with Gasteiger partial charge in [0.15, 0.2) is 11.0 Å². The molecule has 8 heteroatoms. The summed E-state index contributed by atoms with van der Waals surface area (Å²) in [5.74, 6) is -0.469. The van der Waals surface area contributed by atoms with E-state index in [1.165, 1.54) is 18.2 Å². The Balaban J connectivity index is 1.96. The zero-order valence-corrected chi connectivity index (χ0v) is 11.7. The SMILES string of the molecule is O=C(Nc1cccc(F)c1)NS(=O)c1ccc(Cl)s1. The number of halogens is 2. The maximum Gasteiger partial charge on any atom is 0.331 e. The van der Waals surface area contributed by atoms with Crippen LogP contribution in [0, 0.1) is 5.82 Å². The van der Waals surface area contributed by atoms with E-state index in [-0.39, 0.29) is 5.69 Å². The smallest absolute Gasteiger partial charge is 0.307 e. The highest BCUT2D eigenvalue weighted by molar-refractivity contribution is 7.86. The van der Waals surface area contributed by atoms with Gasteiger partial charge in [0, 0.05) is 5.69 Å². The van der Waals surface area contributed by atoms with E-state index in [1.807, 2.05) is 0 Å². The first-order chi connectivity index (χ1) is 9.04. The van der Waals surface area contributed by atoms with Crippen molar-refractivity contribution < 1.29 is 13.4 Å². The molecule has 2 aromatic rings. The molecule has 0 bridgehead atoms. The van der Waals surface area contributed by atoms with Gasteiger partial charge in [-0.15, -0.1) is 11.3 Å². The fourth-order valence-corrected chi connectivity index (χ4v) is 3.38. The Labute approximate surface area is 120 Å². The van der Waals surface area contributed by atoms with E-state index < -0.39 is 22.8 Å². The van der Waals surface area contributed by atoms with Gasteiger partial charge in [-0.2, -0.15) is 0 Å². The Morgan fingerprint density at radius 1 is 1.32 bits per heavy atom. The summed E-state index contributed by atoms with van der Waals surface area (Å²) in [4.78, 5) is 11.5. The van der Waals surface area contributed by atoms with Gasteiger partial charge in [-0.25, -0.2) is 13.4 Å². The highest BCUT2D eigenvalue weighted by Gasteiger charge is 2.11. The number of thiophene rings is 1. The summed E-state index contributed by atoms with van der Waals surface area (Å²) in [5, 5.41) is 2.38. The third kappa shape index (κ3) is 4.02.